The van der Waals surface area contributed by atoms with E-state index in [2.05, 4.69) is 24.5 Å². The summed E-state index contributed by atoms with van der Waals surface area (Å²) in [6.07, 6.45) is 6.61. The molecular formula is C14H24N2O2. The summed E-state index contributed by atoms with van der Waals surface area (Å²) in [6, 6.07) is -0.304. The third-order valence-electron chi connectivity index (χ3n) is 4.20. The second-order valence-corrected chi connectivity index (χ2v) is 6.36. The van der Waals surface area contributed by atoms with E-state index in [1.807, 2.05) is 0 Å². The van der Waals surface area contributed by atoms with Gasteiger partial charge in [0.15, 0.2) is 0 Å². The first-order valence-corrected chi connectivity index (χ1v) is 7.08. The molecule has 0 radical (unpaired) electrons. The first kappa shape index (κ1) is 13.5. The quantitative estimate of drug-likeness (QED) is 0.731. The van der Waals surface area contributed by atoms with E-state index in [-0.39, 0.29) is 17.9 Å². The fourth-order valence-electron chi connectivity index (χ4n) is 3.50. The lowest BCUT2D eigenvalue weighted by Gasteiger charge is -2.32. The largest absolute Gasteiger partial charge is 0.305 e. The van der Waals surface area contributed by atoms with Crippen molar-refractivity contribution in [1.82, 2.24) is 10.6 Å². The van der Waals surface area contributed by atoms with Gasteiger partial charge in [0.05, 0.1) is 12.5 Å². The van der Waals surface area contributed by atoms with Crippen LogP contribution in [0.25, 0.3) is 0 Å². The van der Waals surface area contributed by atoms with Crippen LogP contribution in [0.2, 0.25) is 0 Å². The molecule has 0 aromatic heterocycles. The Balaban J connectivity index is 1.90. The molecule has 4 nitrogen and oxygen atoms in total. The minimum atomic E-state index is -0.304. The van der Waals surface area contributed by atoms with Crippen LogP contribution in [0.3, 0.4) is 0 Å². The highest BCUT2D eigenvalue weighted by atomic mass is 16.2. The van der Waals surface area contributed by atoms with Gasteiger partial charge >= 0.3 is 0 Å². The lowest BCUT2D eigenvalue weighted by molar-refractivity contribution is -0.125. The number of amides is 2. The van der Waals surface area contributed by atoms with Gasteiger partial charge in [0.25, 0.3) is 0 Å². The minimum Gasteiger partial charge on any atom is -0.305 e. The van der Waals surface area contributed by atoms with E-state index < -0.39 is 0 Å². The molecule has 2 rings (SSSR count). The van der Waals surface area contributed by atoms with Crippen LogP contribution < -0.4 is 10.6 Å². The molecule has 1 saturated heterocycles. The number of carbonyl (C=O) groups is 2. The molecule has 1 heterocycles. The van der Waals surface area contributed by atoms with Crippen LogP contribution in [0.15, 0.2) is 0 Å². The van der Waals surface area contributed by atoms with Crippen molar-refractivity contribution in [2.24, 2.45) is 11.3 Å². The number of rotatable bonds is 5. The summed E-state index contributed by atoms with van der Waals surface area (Å²) in [5, 5.41) is 5.67. The average Bonchev–Trinajstić information content (AvgIpc) is 2.83. The predicted molar refractivity (Wildman–Crippen MR) is 69.9 cm³/mol. The third-order valence-corrected chi connectivity index (χ3v) is 4.20. The number of carbonyl (C=O) groups excluding carboxylic acids is 2. The zero-order chi connectivity index (χ0) is 13.2. The third kappa shape index (κ3) is 3.10. The fraction of sp³-hybridized carbons (Fsp3) is 0.857. The van der Waals surface area contributed by atoms with E-state index in [4.69, 9.17) is 0 Å². The van der Waals surface area contributed by atoms with Crippen LogP contribution in [0.4, 0.5) is 0 Å². The maximum Gasteiger partial charge on any atom is 0.244 e. The predicted octanol–water partition coefficient (Wildman–Crippen LogP) is 1.60. The van der Waals surface area contributed by atoms with E-state index >= 15 is 0 Å². The van der Waals surface area contributed by atoms with E-state index in [9.17, 15) is 9.59 Å². The van der Waals surface area contributed by atoms with E-state index in [0.717, 1.165) is 6.54 Å². The van der Waals surface area contributed by atoms with Gasteiger partial charge in [-0.2, -0.15) is 0 Å². The number of imide groups is 1. The molecule has 1 unspecified atom stereocenters. The molecule has 1 atom stereocenters. The Morgan fingerprint density at radius 2 is 2.00 bits per heavy atom. The van der Waals surface area contributed by atoms with Crippen molar-refractivity contribution in [3.05, 3.63) is 0 Å². The van der Waals surface area contributed by atoms with Crippen LogP contribution in [0.1, 0.15) is 52.4 Å². The van der Waals surface area contributed by atoms with Crippen LogP contribution >= 0.6 is 0 Å². The standard InChI is InChI=1S/C14H24N2O2/c1-10(2)8-14(5-3-4-6-14)9-15-11-7-12(17)16-13(11)18/h10-11,15H,3-9H2,1-2H3,(H,16,17,18). The molecule has 2 N–H and O–H groups in total. The molecule has 1 aliphatic carbocycles. The average molecular weight is 252 g/mol. The molecule has 0 bridgehead atoms. The van der Waals surface area contributed by atoms with Crippen molar-refractivity contribution in [2.75, 3.05) is 6.54 Å². The molecule has 0 aromatic rings. The first-order chi connectivity index (χ1) is 8.51. The maximum absolute atomic E-state index is 11.5. The van der Waals surface area contributed by atoms with Gasteiger partial charge in [-0.25, -0.2) is 0 Å². The van der Waals surface area contributed by atoms with Crippen LogP contribution in [-0.4, -0.2) is 24.4 Å². The molecular weight excluding hydrogens is 228 g/mol. The highest BCUT2D eigenvalue weighted by Gasteiger charge is 2.37. The highest BCUT2D eigenvalue weighted by molar-refractivity contribution is 6.05. The van der Waals surface area contributed by atoms with Crippen molar-refractivity contribution in [2.45, 2.75) is 58.4 Å². The van der Waals surface area contributed by atoms with Gasteiger partial charge in [0.2, 0.25) is 11.8 Å². The lowest BCUT2D eigenvalue weighted by atomic mass is 9.78. The van der Waals surface area contributed by atoms with Crippen LogP contribution in [0.5, 0.6) is 0 Å². The molecule has 0 aromatic carbocycles. The summed E-state index contributed by atoms with van der Waals surface area (Å²) in [6.45, 7) is 5.38. The van der Waals surface area contributed by atoms with Crippen LogP contribution in [0, 0.1) is 11.3 Å². The molecule has 2 aliphatic rings. The Bertz CT molecular complexity index is 333. The van der Waals surface area contributed by atoms with Crippen molar-refractivity contribution in [3.63, 3.8) is 0 Å². The number of hydrogen-bond donors (Lipinski definition) is 2. The normalized spacial score (nSPS) is 26.9. The summed E-state index contributed by atoms with van der Waals surface area (Å²) in [7, 11) is 0. The van der Waals surface area contributed by atoms with Crippen molar-refractivity contribution in [3.8, 4) is 0 Å². The monoisotopic (exact) mass is 252 g/mol. The van der Waals surface area contributed by atoms with Gasteiger partial charge in [-0.3, -0.25) is 14.9 Å². The smallest absolute Gasteiger partial charge is 0.244 e. The summed E-state index contributed by atoms with van der Waals surface area (Å²) < 4.78 is 0. The second kappa shape index (κ2) is 5.39. The maximum atomic E-state index is 11.5. The van der Waals surface area contributed by atoms with Gasteiger partial charge in [-0.1, -0.05) is 26.7 Å². The molecule has 102 valence electrons. The van der Waals surface area contributed by atoms with E-state index in [1.54, 1.807) is 0 Å². The fourth-order valence-corrected chi connectivity index (χ4v) is 3.50. The second-order valence-electron chi connectivity index (χ2n) is 6.36. The van der Waals surface area contributed by atoms with Gasteiger partial charge in [-0.05, 0) is 30.6 Å². The van der Waals surface area contributed by atoms with Crippen LogP contribution in [-0.2, 0) is 9.59 Å². The van der Waals surface area contributed by atoms with Gasteiger partial charge in [0, 0.05) is 6.54 Å². The Kier molecular flexibility index (Phi) is 4.05. The van der Waals surface area contributed by atoms with Crippen molar-refractivity contribution < 1.29 is 9.59 Å². The SMILES string of the molecule is CC(C)CC1(CNC2CC(=O)NC2=O)CCCC1. The Hall–Kier alpha value is -0.900. The molecule has 1 saturated carbocycles. The molecule has 4 heteroatoms. The molecule has 2 fully saturated rings. The van der Waals surface area contributed by atoms with E-state index in [1.165, 1.54) is 32.1 Å². The summed E-state index contributed by atoms with van der Waals surface area (Å²) in [5.41, 5.74) is 0.347. The Morgan fingerprint density at radius 3 is 2.50 bits per heavy atom. The summed E-state index contributed by atoms with van der Waals surface area (Å²) in [4.78, 5) is 22.7. The Morgan fingerprint density at radius 1 is 1.33 bits per heavy atom. The first-order valence-electron chi connectivity index (χ1n) is 7.08. The van der Waals surface area contributed by atoms with E-state index in [0.29, 0.717) is 17.8 Å². The molecule has 0 spiro atoms. The Labute approximate surface area is 109 Å². The molecule has 1 aliphatic heterocycles. The topological polar surface area (TPSA) is 58.2 Å². The molecule has 18 heavy (non-hydrogen) atoms. The van der Waals surface area contributed by atoms with Crippen molar-refractivity contribution >= 4 is 11.8 Å². The van der Waals surface area contributed by atoms with Gasteiger partial charge in [0.1, 0.15) is 0 Å². The van der Waals surface area contributed by atoms with Gasteiger partial charge in [-0.15, -0.1) is 0 Å². The van der Waals surface area contributed by atoms with Crippen molar-refractivity contribution in [1.29, 1.82) is 0 Å². The number of hydrogen-bond acceptors (Lipinski definition) is 3. The summed E-state index contributed by atoms with van der Waals surface area (Å²) >= 11 is 0. The minimum absolute atomic E-state index is 0.151. The lowest BCUT2D eigenvalue weighted by Crippen LogP contribution is -2.42. The molecule has 2 amide bonds. The van der Waals surface area contributed by atoms with Gasteiger partial charge < -0.3 is 5.32 Å². The highest BCUT2D eigenvalue weighted by Crippen LogP contribution is 2.42. The summed E-state index contributed by atoms with van der Waals surface area (Å²) in [5.74, 6) is 0.378. The zero-order valence-corrected chi connectivity index (χ0v) is 11.4. The number of nitrogens with one attached hydrogen (secondary N) is 2. The zero-order valence-electron chi connectivity index (χ0n) is 11.4.